The van der Waals surface area contributed by atoms with Crippen LogP contribution >= 0.6 is 11.3 Å². The Morgan fingerprint density at radius 3 is 2.60 bits per heavy atom. The van der Waals surface area contributed by atoms with Crippen molar-refractivity contribution in [2.24, 2.45) is 5.92 Å². The van der Waals surface area contributed by atoms with Gasteiger partial charge in [0.2, 0.25) is 4.96 Å². The Morgan fingerprint density at radius 2 is 1.90 bits per heavy atom. The number of aromatic nitrogens is 3. The van der Waals surface area contributed by atoms with Gasteiger partial charge in [-0.05, 0) is 36.5 Å². The molecule has 0 N–H and O–H groups in total. The lowest BCUT2D eigenvalue weighted by molar-refractivity contribution is 0.225. The number of rotatable bonds is 7. The first-order valence-corrected chi connectivity index (χ1v) is 11.7. The van der Waals surface area contributed by atoms with E-state index in [1.807, 2.05) is 12.1 Å². The average molecular weight is 429 g/mol. The summed E-state index contributed by atoms with van der Waals surface area (Å²) in [4.78, 5) is 20.4. The summed E-state index contributed by atoms with van der Waals surface area (Å²) in [6.45, 7) is 6.48. The van der Waals surface area contributed by atoms with Crippen molar-refractivity contribution in [3.8, 4) is 0 Å². The summed E-state index contributed by atoms with van der Waals surface area (Å²) < 4.78 is 14.7. The third kappa shape index (κ3) is 5.13. The van der Waals surface area contributed by atoms with Crippen molar-refractivity contribution < 1.29 is 4.39 Å². The predicted octanol–water partition coefficient (Wildman–Crippen LogP) is 5.00. The minimum Gasteiger partial charge on any atom is -0.293 e. The molecule has 2 heterocycles. The van der Waals surface area contributed by atoms with Gasteiger partial charge in [0, 0.05) is 31.6 Å². The predicted molar refractivity (Wildman–Crippen MR) is 118 cm³/mol. The molecule has 30 heavy (non-hydrogen) atoms. The van der Waals surface area contributed by atoms with Crippen LogP contribution in [-0.4, -0.2) is 26.0 Å². The molecule has 0 bridgehead atoms. The van der Waals surface area contributed by atoms with Gasteiger partial charge in [0.1, 0.15) is 10.8 Å². The van der Waals surface area contributed by atoms with Gasteiger partial charge in [0.05, 0.1) is 5.69 Å². The molecule has 0 aliphatic heterocycles. The molecule has 5 nitrogen and oxygen atoms in total. The summed E-state index contributed by atoms with van der Waals surface area (Å²) in [6, 6.07) is 8.21. The van der Waals surface area contributed by atoms with Crippen LogP contribution in [0.2, 0.25) is 0 Å². The maximum absolute atomic E-state index is 13.2. The summed E-state index contributed by atoms with van der Waals surface area (Å²) >= 11 is 1.56. The van der Waals surface area contributed by atoms with Gasteiger partial charge in [-0.3, -0.25) is 9.69 Å². The zero-order valence-electron chi connectivity index (χ0n) is 17.7. The number of fused-ring (bicyclic) bond motifs is 1. The molecular weight excluding hydrogens is 399 g/mol. The van der Waals surface area contributed by atoms with E-state index < -0.39 is 0 Å². The van der Waals surface area contributed by atoms with E-state index in [0.29, 0.717) is 29.9 Å². The van der Waals surface area contributed by atoms with Crippen molar-refractivity contribution in [1.82, 2.24) is 19.5 Å². The molecule has 160 valence electrons. The van der Waals surface area contributed by atoms with E-state index in [1.54, 1.807) is 17.4 Å². The Hall–Kier alpha value is -2.12. The van der Waals surface area contributed by atoms with E-state index in [1.165, 1.54) is 35.9 Å². The fourth-order valence-corrected chi connectivity index (χ4v) is 5.34. The van der Waals surface area contributed by atoms with E-state index in [-0.39, 0.29) is 11.4 Å². The minimum absolute atomic E-state index is 0.111. The monoisotopic (exact) mass is 428 g/mol. The largest absolute Gasteiger partial charge is 0.293 e. The Kier molecular flexibility index (Phi) is 6.58. The average Bonchev–Trinajstić information content (AvgIpc) is 3.15. The molecule has 1 aliphatic carbocycles. The van der Waals surface area contributed by atoms with Crippen molar-refractivity contribution >= 4 is 16.3 Å². The molecule has 1 aliphatic rings. The summed E-state index contributed by atoms with van der Waals surface area (Å²) in [5.41, 5.74) is 1.70. The highest BCUT2D eigenvalue weighted by molar-refractivity contribution is 7.16. The van der Waals surface area contributed by atoms with E-state index in [2.05, 4.69) is 23.8 Å². The van der Waals surface area contributed by atoms with Crippen LogP contribution in [0, 0.1) is 11.7 Å². The fraction of sp³-hybridized carbons (Fsp3) is 0.522. The second-order valence-corrected chi connectivity index (χ2v) is 9.73. The van der Waals surface area contributed by atoms with Crippen LogP contribution in [0.3, 0.4) is 0 Å². The molecule has 1 saturated carbocycles. The zero-order valence-corrected chi connectivity index (χ0v) is 18.5. The first-order chi connectivity index (χ1) is 14.5. The second-order valence-electron chi connectivity index (χ2n) is 8.75. The molecule has 1 fully saturated rings. The first-order valence-electron chi connectivity index (χ1n) is 10.8. The maximum Gasteiger partial charge on any atom is 0.275 e. The minimum atomic E-state index is -0.228. The van der Waals surface area contributed by atoms with E-state index in [9.17, 15) is 9.18 Å². The lowest BCUT2D eigenvalue weighted by Crippen LogP contribution is -2.28. The van der Waals surface area contributed by atoms with Crippen LogP contribution in [0.1, 0.15) is 68.1 Å². The van der Waals surface area contributed by atoms with Crippen molar-refractivity contribution in [3.05, 3.63) is 62.8 Å². The zero-order chi connectivity index (χ0) is 21.1. The molecule has 4 rings (SSSR count). The van der Waals surface area contributed by atoms with Gasteiger partial charge in [-0.2, -0.15) is 9.61 Å². The van der Waals surface area contributed by atoms with Crippen LogP contribution < -0.4 is 5.56 Å². The molecule has 0 atom stereocenters. The van der Waals surface area contributed by atoms with Crippen LogP contribution in [0.15, 0.2) is 35.1 Å². The number of hydrogen-bond acceptors (Lipinski definition) is 5. The van der Waals surface area contributed by atoms with Gasteiger partial charge in [-0.1, -0.05) is 56.6 Å². The van der Waals surface area contributed by atoms with Gasteiger partial charge < -0.3 is 0 Å². The van der Waals surface area contributed by atoms with Crippen LogP contribution in [-0.2, 0) is 13.1 Å². The highest BCUT2D eigenvalue weighted by atomic mass is 32.1. The molecule has 0 spiro atoms. The Morgan fingerprint density at radius 1 is 1.17 bits per heavy atom. The Bertz CT molecular complexity index is 1040. The van der Waals surface area contributed by atoms with Crippen molar-refractivity contribution in [2.45, 2.75) is 65.0 Å². The van der Waals surface area contributed by atoms with E-state index in [4.69, 9.17) is 4.98 Å². The molecule has 0 radical (unpaired) electrons. The van der Waals surface area contributed by atoms with E-state index >= 15 is 0 Å². The highest BCUT2D eigenvalue weighted by Crippen LogP contribution is 2.34. The molecule has 7 heteroatoms. The number of nitrogens with zero attached hydrogens (tertiary/aromatic N) is 4. The lowest BCUT2D eigenvalue weighted by Gasteiger charge is -2.24. The molecule has 1 aromatic carbocycles. The standard InChI is InChI=1S/C23H29FN4OS/c1-16(2)13-27(14-17-8-10-19(24)11-9-17)15-20-12-21(29)28-23(25-20)30-22(26-28)18-6-4-3-5-7-18/h8-12,16,18H,3-7,13-15H2,1-2H3. The molecule has 0 unspecified atom stereocenters. The highest BCUT2D eigenvalue weighted by Gasteiger charge is 2.21. The summed E-state index contributed by atoms with van der Waals surface area (Å²) in [5, 5.41) is 5.63. The second kappa shape index (κ2) is 9.35. The fourth-order valence-electron chi connectivity index (χ4n) is 4.25. The van der Waals surface area contributed by atoms with Gasteiger partial charge in [0.15, 0.2) is 0 Å². The molecular formula is C23H29FN4OS. The molecule has 0 amide bonds. The summed E-state index contributed by atoms with van der Waals surface area (Å²) in [5.74, 6) is 0.703. The quantitative estimate of drug-likeness (QED) is 0.532. The molecule has 0 saturated heterocycles. The Labute approximate surface area is 180 Å². The Balaban J connectivity index is 1.56. The van der Waals surface area contributed by atoms with Gasteiger partial charge in [-0.25, -0.2) is 9.37 Å². The third-order valence-corrected chi connectivity index (χ3v) is 6.67. The van der Waals surface area contributed by atoms with Gasteiger partial charge >= 0.3 is 0 Å². The molecule has 2 aromatic heterocycles. The number of benzene rings is 1. The topological polar surface area (TPSA) is 50.5 Å². The lowest BCUT2D eigenvalue weighted by atomic mass is 9.90. The maximum atomic E-state index is 13.2. The first kappa shape index (κ1) is 21.1. The molecule has 3 aromatic rings. The van der Waals surface area contributed by atoms with Crippen molar-refractivity contribution in [1.29, 1.82) is 0 Å². The van der Waals surface area contributed by atoms with Gasteiger partial charge in [0.25, 0.3) is 5.56 Å². The van der Waals surface area contributed by atoms with Gasteiger partial charge in [-0.15, -0.1) is 0 Å². The van der Waals surface area contributed by atoms with Crippen molar-refractivity contribution in [2.75, 3.05) is 6.54 Å². The van der Waals surface area contributed by atoms with Crippen molar-refractivity contribution in [3.63, 3.8) is 0 Å². The summed E-state index contributed by atoms with van der Waals surface area (Å²) in [7, 11) is 0. The van der Waals surface area contributed by atoms with Crippen LogP contribution in [0.5, 0.6) is 0 Å². The smallest absolute Gasteiger partial charge is 0.275 e. The SMILES string of the molecule is CC(C)CN(Cc1ccc(F)cc1)Cc1cc(=O)n2nc(C3CCCCC3)sc2n1. The number of hydrogen-bond donors (Lipinski definition) is 0. The van der Waals surface area contributed by atoms with E-state index in [0.717, 1.165) is 35.7 Å². The van der Waals surface area contributed by atoms with Crippen LogP contribution in [0.25, 0.3) is 4.96 Å². The van der Waals surface area contributed by atoms with Crippen LogP contribution in [0.4, 0.5) is 4.39 Å². The third-order valence-electron chi connectivity index (χ3n) is 5.60. The normalized spacial score (nSPS) is 15.5. The number of halogens is 1. The summed E-state index contributed by atoms with van der Waals surface area (Å²) in [6.07, 6.45) is 6.08.